The van der Waals surface area contributed by atoms with Crippen LogP contribution in [0.3, 0.4) is 0 Å². The minimum absolute atomic E-state index is 0.381. The summed E-state index contributed by atoms with van der Waals surface area (Å²) in [6.07, 6.45) is 5.45. The Balaban J connectivity index is 1.84. The van der Waals surface area contributed by atoms with Gasteiger partial charge < -0.3 is 14.2 Å². The van der Waals surface area contributed by atoms with Gasteiger partial charge in [0.05, 0.1) is 20.8 Å². The molecule has 1 aliphatic rings. The van der Waals surface area contributed by atoms with E-state index in [-0.39, 0.29) is 0 Å². The van der Waals surface area contributed by atoms with Crippen LogP contribution in [0, 0.1) is 0 Å². The van der Waals surface area contributed by atoms with Gasteiger partial charge in [-0.05, 0) is 41.5 Å². The van der Waals surface area contributed by atoms with Crippen LogP contribution in [0.2, 0.25) is 5.02 Å². The molecule has 1 aliphatic heterocycles. The molecule has 24 heavy (non-hydrogen) atoms. The van der Waals surface area contributed by atoms with E-state index in [1.54, 1.807) is 26.6 Å². The number of hydrogen-bond acceptors (Lipinski definition) is 4. The normalized spacial score (nSPS) is 18.8. The number of rotatable bonds is 6. The van der Waals surface area contributed by atoms with E-state index in [4.69, 9.17) is 25.8 Å². The van der Waals surface area contributed by atoms with Gasteiger partial charge >= 0.3 is 0 Å². The van der Waals surface area contributed by atoms with E-state index in [1.165, 1.54) is 0 Å². The number of methoxy groups -OCH3 is 2. The number of ether oxygens (including phenoxy) is 3. The SMILES string of the molecule is COc1cc(COC2(c3ccc(Cl)cc3)C=CN=C2)cc(OC)c1. The fraction of sp³-hybridized carbons (Fsp3) is 0.211. The summed E-state index contributed by atoms with van der Waals surface area (Å²) in [6.45, 7) is 0.381. The monoisotopic (exact) mass is 343 g/mol. The smallest absolute Gasteiger partial charge is 0.149 e. The van der Waals surface area contributed by atoms with Crippen molar-refractivity contribution in [1.29, 1.82) is 0 Å². The standard InChI is InChI=1S/C19H18ClNO3/c1-22-17-9-14(10-18(11-17)23-2)12-24-19(7-8-21-13-19)15-3-5-16(20)6-4-15/h3-11,13H,12H2,1-2H3. The van der Waals surface area contributed by atoms with Gasteiger partial charge in [-0.3, -0.25) is 4.99 Å². The molecule has 0 spiro atoms. The fourth-order valence-electron chi connectivity index (χ4n) is 2.55. The molecule has 0 saturated heterocycles. The van der Waals surface area contributed by atoms with Gasteiger partial charge in [-0.15, -0.1) is 0 Å². The predicted octanol–water partition coefficient (Wildman–Crippen LogP) is 4.37. The second kappa shape index (κ2) is 7.07. The van der Waals surface area contributed by atoms with Crippen LogP contribution in [-0.2, 0) is 16.9 Å². The van der Waals surface area contributed by atoms with Gasteiger partial charge in [-0.1, -0.05) is 23.7 Å². The molecular weight excluding hydrogens is 326 g/mol. The lowest BCUT2D eigenvalue weighted by atomic mass is 9.95. The number of aliphatic imine (C=N–C) groups is 1. The van der Waals surface area contributed by atoms with Crippen LogP contribution in [0.1, 0.15) is 11.1 Å². The molecule has 2 aromatic rings. The van der Waals surface area contributed by atoms with Crippen molar-refractivity contribution in [1.82, 2.24) is 0 Å². The summed E-state index contributed by atoms with van der Waals surface area (Å²) < 4.78 is 16.8. The molecule has 0 N–H and O–H groups in total. The van der Waals surface area contributed by atoms with Crippen LogP contribution in [0.15, 0.2) is 59.7 Å². The van der Waals surface area contributed by atoms with Crippen molar-refractivity contribution in [2.75, 3.05) is 14.2 Å². The van der Waals surface area contributed by atoms with Crippen molar-refractivity contribution >= 4 is 17.8 Å². The Bertz CT molecular complexity index is 734. The maximum atomic E-state index is 6.21. The van der Waals surface area contributed by atoms with Crippen LogP contribution in [-0.4, -0.2) is 20.4 Å². The molecule has 5 heteroatoms. The third kappa shape index (κ3) is 3.45. The molecule has 0 amide bonds. The Hall–Kier alpha value is -2.30. The maximum Gasteiger partial charge on any atom is 0.149 e. The highest BCUT2D eigenvalue weighted by Crippen LogP contribution is 2.32. The lowest BCUT2D eigenvalue weighted by Crippen LogP contribution is -2.27. The number of hydrogen-bond donors (Lipinski definition) is 0. The highest BCUT2D eigenvalue weighted by molar-refractivity contribution is 6.30. The van der Waals surface area contributed by atoms with Crippen LogP contribution < -0.4 is 9.47 Å². The van der Waals surface area contributed by atoms with E-state index < -0.39 is 5.60 Å². The molecule has 1 unspecified atom stereocenters. The van der Waals surface area contributed by atoms with Gasteiger partial charge in [0.15, 0.2) is 0 Å². The third-order valence-electron chi connectivity index (χ3n) is 3.86. The maximum absolute atomic E-state index is 6.21. The minimum atomic E-state index is -0.694. The zero-order valence-electron chi connectivity index (χ0n) is 13.5. The van der Waals surface area contributed by atoms with Gasteiger partial charge in [0.1, 0.15) is 17.1 Å². The average Bonchev–Trinajstić information content (AvgIpc) is 3.10. The average molecular weight is 344 g/mol. The van der Waals surface area contributed by atoms with Crippen LogP contribution in [0.5, 0.6) is 11.5 Å². The molecule has 0 aliphatic carbocycles. The first-order chi connectivity index (χ1) is 11.6. The zero-order valence-corrected chi connectivity index (χ0v) is 14.3. The summed E-state index contributed by atoms with van der Waals surface area (Å²) in [6, 6.07) is 13.2. The van der Waals surface area contributed by atoms with Gasteiger partial charge in [-0.2, -0.15) is 0 Å². The third-order valence-corrected chi connectivity index (χ3v) is 4.11. The molecule has 124 valence electrons. The van der Waals surface area contributed by atoms with Crippen molar-refractivity contribution in [2.24, 2.45) is 4.99 Å². The first-order valence-corrected chi connectivity index (χ1v) is 7.87. The molecule has 0 bridgehead atoms. The summed E-state index contributed by atoms with van der Waals surface area (Å²) in [5.74, 6) is 1.45. The lowest BCUT2D eigenvalue weighted by Gasteiger charge is -2.25. The van der Waals surface area contributed by atoms with E-state index >= 15 is 0 Å². The van der Waals surface area contributed by atoms with Gasteiger partial charge in [0.25, 0.3) is 0 Å². The summed E-state index contributed by atoms with van der Waals surface area (Å²) in [4.78, 5) is 4.20. The van der Waals surface area contributed by atoms with Crippen molar-refractivity contribution < 1.29 is 14.2 Å². The number of nitrogens with zero attached hydrogens (tertiary/aromatic N) is 1. The molecule has 2 aromatic carbocycles. The van der Waals surface area contributed by atoms with E-state index in [1.807, 2.05) is 48.5 Å². The summed E-state index contributed by atoms with van der Waals surface area (Å²) in [5, 5.41) is 0.686. The Morgan fingerprint density at radius 1 is 1.00 bits per heavy atom. The highest BCUT2D eigenvalue weighted by Gasteiger charge is 2.31. The van der Waals surface area contributed by atoms with E-state index in [0.717, 1.165) is 22.6 Å². The molecule has 0 saturated carbocycles. The molecule has 4 nitrogen and oxygen atoms in total. The van der Waals surface area contributed by atoms with Crippen LogP contribution in [0.4, 0.5) is 0 Å². The van der Waals surface area contributed by atoms with Crippen molar-refractivity contribution in [2.45, 2.75) is 12.2 Å². The van der Waals surface area contributed by atoms with Crippen LogP contribution >= 0.6 is 11.6 Å². The molecule has 0 fully saturated rings. The van der Waals surface area contributed by atoms with E-state index in [9.17, 15) is 0 Å². The predicted molar refractivity (Wildman–Crippen MR) is 95.1 cm³/mol. The summed E-state index contributed by atoms with van der Waals surface area (Å²) in [5.41, 5.74) is 1.23. The fourth-order valence-corrected chi connectivity index (χ4v) is 2.68. The van der Waals surface area contributed by atoms with Crippen molar-refractivity contribution in [3.63, 3.8) is 0 Å². The molecule has 1 heterocycles. The Kier molecular flexibility index (Phi) is 4.88. The van der Waals surface area contributed by atoms with Gasteiger partial charge in [-0.25, -0.2) is 0 Å². The summed E-state index contributed by atoms with van der Waals surface area (Å²) in [7, 11) is 3.25. The molecule has 0 radical (unpaired) electrons. The molecule has 1 atom stereocenters. The number of halogens is 1. The zero-order chi connectivity index (χ0) is 17.0. The molecule has 3 rings (SSSR count). The lowest BCUT2D eigenvalue weighted by molar-refractivity contribution is 0.0319. The first kappa shape index (κ1) is 16.6. The second-order valence-electron chi connectivity index (χ2n) is 5.40. The van der Waals surface area contributed by atoms with Crippen LogP contribution in [0.25, 0.3) is 0 Å². The Morgan fingerprint density at radius 3 is 2.21 bits per heavy atom. The molecular formula is C19H18ClNO3. The van der Waals surface area contributed by atoms with Gasteiger partial charge in [0.2, 0.25) is 0 Å². The Labute approximate surface area is 146 Å². The van der Waals surface area contributed by atoms with Crippen molar-refractivity contribution in [3.8, 4) is 11.5 Å². The quantitative estimate of drug-likeness (QED) is 0.782. The van der Waals surface area contributed by atoms with E-state index in [2.05, 4.69) is 4.99 Å². The largest absolute Gasteiger partial charge is 0.497 e. The van der Waals surface area contributed by atoms with Gasteiger partial charge in [0, 0.05) is 23.5 Å². The number of benzene rings is 2. The first-order valence-electron chi connectivity index (χ1n) is 7.49. The minimum Gasteiger partial charge on any atom is -0.497 e. The topological polar surface area (TPSA) is 40.0 Å². The van der Waals surface area contributed by atoms with E-state index in [0.29, 0.717) is 11.6 Å². The van der Waals surface area contributed by atoms with Crippen molar-refractivity contribution in [3.05, 3.63) is 70.9 Å². The molecule has 0 aromatic heterocycles. The summed E-state index contributed by atoms with van der Waals surface area (Å²) >= 11 is 5.98. The second-order valence-corrected chi connectivity index (χ2v) is 5.84. The Morgan fingerprint density at radius 2 is 1.67 bits per heavy atom. The highest BCUT2D eigenvalue weighted by atomic mass is 35.5.